The van der Waals surface area contributed by atoms with Crippen molar-refractivity contribution in [3.8, 4) is 5.88 Å². The lowest BCUT2D eigenvalue weighted by Crippen LogP contribution is -2.28. The molecule has 1 heterocycles. The van der Waals surface area contributed by atoms with Gasteiger partial charge < -0.3 is 10.5 Å². The zero-order valence-electron chi connectivity index (χ0n) is 11.3. The fourth-order valence-electron chi connectivity index (χ4n) is 2.68. The maximum absolute atomic E-state index is 11.2. The van der Waals surface area contributed by atoms with Crippen LogP contribution in [0.15, 0.2) is 0 Å². The van der Waals surface area contributed by atoms with E-state index < -0.39 is 4.92 Å². The van der Waals surface area contributed by atoms with Crippen LogP contribution >= 0.6 is 0 Å². The second-order valence-corrected chi connectivity index (χ2v) is 4.92. The second-order valence-electron chi connectivity index (χ2n) is 4.92. The summed E-state index contributed by atoms with van der Waals surface area (Å²) in [5.74, 6) is 0.534. The van der Waals surface area contributed by atoms with Crippen molar-refractivity contribution in [2.24, 2.45) is 18.7 Å². The molecule has 0 amide bonds. The Balaban J connectivity index is 2.29. The maximum atomic E-state index is 11.2. The van der Waals surface area contributed by atoms with Gasteiger partial charge >= 0.3 is 5.69 Å². The second kappa shape index (κ2) is 5.56. The monoisotopic (exact) mass is 268 g/mol. The molecule has 0 spiro atoms. The topological polar surface area (TPSA) is 96.2 Å². The van der Waals surface area contributed by atoms with E-state index in [4.69, 9.17) is 10.5 Å². The minimum absolute atomic E-state index is 0.00679. The van der Waals surface area contributed by atoms with Gasteiger partial charge in [-0.25, -0.2) is 4.68 Å². The summed E-state index contributed by atoms with van der Waals surface area (Å²) in [4.78, 5) is 10.8. The van der Waals surface area contributed by atoms with Crippen LogP contribution in [-0.2, 0) is 13.5 Å². The first-order valence-corrected chi connectivity index (χ1v) is 6.65. The highest BCUT2D eigenvalue weighted by molar-refractivity contribution is 5.46. The normalized spacial score (nSPS) is 22.7. The predicted octanol–water partition coefficient (Wildman–Crippen LogP) is 1.40. The van der Waals surface area contributed by atoms with Gasteiger partial charge in [0.2, 0.25) is 0 Å². The quantitative estimate of drug-likeness (QED) is 0.643. The average molecular weight is 268 g/mol. The third kappa shape index (κ3) is 2.56. The minimum Gasteiger partial charge on any atom is -0.469 e. The lowest BCUT2D eigenvalue weighted by Gasteiger charge is -2.19. The molecule has 0 aliphatic heterocycles. The number of rotatable bonds is 5. The fraction of sp³-hybridized carbons (Fsp3) is 0.750. The van der Waals surface area contributed by atoms with E-state index in [2.05, 4.69) is 5.10 Å². The Morgan fingerprint density at radius 1 is 1.58 bits per heavy atom. The summed E-state index contributed by atoms with van der Waals surface area (Å²) in [6, 6.07) is 0. The largest absolute Gasteiger partial charge is 0.469 e. The highest BCUT2D eigenvalue weighted by Crippen LogP contribution is 2.35. The number of nitro groups is 1. The fourth-order valence-corrected chi connectivity index (χ4v) is 2.68. The number of hydrogen-bond donors (Lipinski definition) is 1. The van der Waals surface area contributed by atoms with Gasteiger partial charge in [0.05, 0.1) is 4.92 Å². The lowest BCUT2D eigenvalue weighted by atomic mass is 10.1. The molecule has 2 atom stereocenters. The van der Waals surface area contributed by atoms with E-state index in [1.165, 1.54) is 4.68 Å². The molecule has 1 saturated carbocycles. The van der Waals surface area contributed by atoms with E-state index in [9.17, 15) is 10.1 Å². The molecule has 0 aromatic carbocycles. The van der Waals surface area contributed by atoms with Crippen LogP contribution in [0.25, 0.3) is 0 Å². The lowest BCUT2D eigenvalue weighted by molar-refractivity contribution is -0.386. The van der Waals surface area contributed by atoms with Crippen molar-refractivity contribution in [3.63, 3.8) is 0 Å². The number of aromatic nitrogens is 2. The van der Waals surface area contributed by atoms with Gasteiger partial charge in [-0.1, -0.05) is 6.92 Å². The Morgan fingerprint density at radius 2 is 2.32 bits per heavy atom. The van der Waals surface area contributed by atoms with E-state index in [0.29, 0.717) is 18.7 Å². The number of hydrogen-bond acceptors (Lipinski definition) is 5. The van der Waals surface area contributed by atoms with E-state index in [1.807, 2.05) is 6.92 Å². The molecule has 1 aromatic heterocycles. The predicted molar refractivity (Wildman–Crippen MR) is 70.1 cm³/mol. The zero-order valence-corrected chi connectivity index (χ0v) is 11.3. The summed E-state index contributed by atoms with van der Waals surface area (Å²) in [5, 5.41) is 15.3. The van der Waals surface area contributed by atoms with Crippen molar-refractivity contribution in [2.45, 2.75) is 38.7 Å². The molecule has 1 aliphatic carbocycles. The van der Waals surface area contributed by atoms with Crippen molar-refractivity contribution in [1.82, 2.24) is 9.78 Å². The molecular weight excluding hydrogens is 248 g/mol. The zero-order chi connectivity index (χ0) is 14.0. The van der Waals surface area contributed by atoms with Crippen LogP contribution in [0.5, 0.6) is 5.88 Å². The van der Waals surface area contributed by atoms with Crippen molar-refractivity contribution >= 4 is 5.69 Å². The van der Waals surface area contributed by atoms with Crippen LogP contribution in [0.3, 0.4) is 0 Å². The highest BCUT2D eigenvalue weighted by atomic mass is 16.6. The van der Waals surface area contributed by atoms with Crippen LogP contribution in [0.2, 0.25) is 0 Å². The summed E-state index contributed by atoms with van der Waals surface area (Å²) in [5.41, 5.74) is 6.16. The van der Waals surface area contributed by atoms with E-state index in [-0.39, 0.29) is 23.6 Å². The van der Waals surface area contributed by atoms with Gasteiger partial charge in [0, 0.05) is 13.0 Å². The van der Waals surface area contributed by atoms with Gasteiger partial charge in [0.1, 0.15) is 11.8 Å². The Morgan fingerprint density at radius 3 is 2.89 bits per heavy atom. The molecule has 2 unspecified atom stereocenters. The van der Waals surface area contributed by atoms with E-state index >= 15 is 0 Å². The van der Waals surface area contributed by atoms with Crippen molar-refractivity contribution in [1.29, 1.82) is 0 Å². The summed E-state index contributed by atoms with van der Waals surface area (Å²) in [6.07, 6.45) is 3.44. The molecule has 7 nitrogen and oxygen atoms in total. The van der Waals surface area contributed by atoms with Gasteiger partial charge in [-0.15, -0.1) is 0 Å². The smallest absolute Gasteiger partial charge is 0.353 e. The Labute approximate surface area is 111 Å². The van der Waals surface area contributed by atoms with Crippen molar-refractivity contribution < 1.29 is 9.66 Å². The van der Waals surface area contributed by atoms with Crippen LogP contribution in [0.1, 0.15) is 31.9 Å². The van der Waals surface area contributed by atoms with E-state index in [0.717, 1.165) is 19.3 Å². The molecule has 2 rings (SSSR count). The molecule has 0 radical (unpaired) electrons. The van der Waals surface area contributed by atoms with Crippen molar-refractivity contribution in [3.05, 3.63) is 15.8 Å². The van der Waals surface area contributed by atoms with Crippen molar-refractivity contribution in [2.75, 3.05) is 6.54 Å². The SMILES string of the molecule is CCc1nn(C)c(OC2CCCC2CN)c1[N+](=O)[O-]. The number of nitrogens with zero attached hydrogens (tertiary/aromatic N) is 3. The van der Waals surface area contributed by atoms with E-state index in [1.54, 1.807) is 7.05 Å². The van der Waals surface area contributed by atoms with Gasteiger partial charge in [-0.05, 0) is 32.2 Å². The standard InChI is InChI=1S/C12H20N4O3/c1-3-9-11(16(17)18)12(15(2)14-9)19-10-6-4-5-8(10)7-13/h8,10H,3-7,13H2,1-2H3. The Kier molecular flexibility index (Phi) is 4.04. The molecule has 0 saturated heterocycles. The summed E-state index contributed by atoms with van der Waals surface area (Å²) in [7, 11) is 1.67. The number of ether oxygens (including phenoxy) is 1. The summed E-state index contributed by atoms with van der Waals surface area (Å²) >= 11 is 0. The molecule has 1 aromatic rings. The van der Waals surface area contributed by atoms with Crippen LogP contribution in [0, 0.1) is 16.0 Å². The molecule has 19 heavy (non-hydrogen) atoms. The molecule has 0 bridgehead atoms. The molecular formula is C12H20N4O3. The first-order valence-electron chi connectivity index (χ1n) is 6.65. The number of nitrogens with two attached hydrogens (primary N) is 1. The molecule has 1 aliphatic rings. The molecule has 1 fully saturated rings. The first kappa shape index (κ1) is 13.8. The van der Waals surface area contributed by atoms with Gasteiger partial charge in [-0.3, -0.25) is 10.1 Å². The minimum atomic E-state index is -0.409. The van der Waals surface area contributed by atoms with Crippen LogP contribution < -0.4 is 10.5 Å². The number of aryl methyl sites for hydroxylation is 2. The first-order chi connectivity index (χ1) is 9.08. The molecule has 7 heteroatoms. The summed E-state index contributed by atoms with van der Waals surface area (Å²) < 4.78 is 7.32. The summed E-state index contributed by atoms with van der Waals surface area (Å²) in [6.45, 7) is 2.40. The maximum Gasteiger partial charge on any atom is 0.353 e. The Bertz CT molecular complexity index is 472. The van der Waals surface area contributed by atoms with Gasteiger partial charge in [-0.2, -0.15) is 5.10 Å². The Hall–Kier alpha value is -1.63. The average Bonchev–Trinajstić information content (AvgIpc) is 2.94. The molecule has 106 valence electrons. The van der Waals surface area contributed by atoms with Crippen LogP contribution in [0.4, 0.5) is 5.69 Å². The van der Waals surface area contributed by atoms with Gasteiger partial charge in [0.15, 0.2) is 0 Å². The molecule has 2 N–H and O–H groups in total. The highest BCUT2D eigenvalue weighted by Gasteiger charge is 2.33. The van der Waals surface area contributed by atoms with Crippen LogP contribution in [-0.4, -0.2) is 27.4 Å². The van der Waals surface area contributed by atoms with Gasteiger partial charge in [0.25, 0.3) is 5.88 Å². The third-order valence-corrected chi connectivity index (χ3v) is 3.71. The third-order valence-electron chi connectivity index (χ3n) is 3.71.